The normalized spacial score (nSPS) is 25.1. The molecule has 1 saturated heterocycles. The van der Waals surface area contributed by atoms with E-state index in [0.29, 0.717) is 12.3 Å². The monoisotopic (exact) mass is 279 g/mol. The van der Waals surface area contributed by atoms with Crippen LogP contribution in [-0.2, 0) is 10.2 Å². The average molecular weight is 279 g/mol. The predicted octanol–water partition coefficient (Wildman–Crippen LogP) is 3.84. The molecule has 1 N–H and O–H groups in total. The van der Waals surface area contributed by atoms with Gasteiger partial charge in [0, 0.05) is 11.8 Å². The van der Waals surface area contributed by atoms with Gasteiger partial charge >= 0.3 is 0 Å². The first kappa shape index (κ1) is 13.9. The summed E-state index contributed by atoms with van der Waals surface area (Å²) >= 11 is 0. The van der Waals surface area contributed by atoms with Crippen LogP contribution in [0.1, 0.15) is 37.4 Å². The van der Waals surface area contributed by atoms with Gasteiger partial charge in [0.1, 0.15) is 0 Å². The van der Waals surface area contributed by atoms with Crippen molar-refractivity contribution in [2.75, 3.05) is 0 Å². The maximum Gasteiger partial charge on any atom is 0.221 e. The Morgan fingerprint density at radius 1 is 1.00 bits per heavy atom. The third kappa shape index (κ3) is 2.25. The molecule has 108 valence electrons. The van der Waals surface area contributed by atoms with E-state index in [1.807, 2.05) is 24.3 Å². The zero-order chi connectivity index (χ0) is 14.9. The van der Waals surface area contributed by atoms with Crippen LogP contribution in [0.2, 0.25) is 0 Å². The third-order valence-electron chi connectivity index (χ3n) is 4.75. The lowest BCUT2D eigenvalue weighted by molar-refractivity contribution is -0.119. The molecule has 1 aliphatic heterocycles. The summed E-state index contributed by atoms with van der Waals surface area (Å²) in [6.07, 6.45) is 0.550. The Labute approximate surface area is 126 Å². The van der Waals surface area contributed by atoms with Gasteiger partial charge < -0.3 is 5.32 Å². The molecule has 2 aromatic carbocycles. The predicted molar refractivity (Wildman–Crippen MR) is 84.9 cm³/mol. The quantitative estimate of drug-likeness (QED) is 0.908. The number of benzene rings is 2. The molecule has 1 amide bonds. The number of rotatable bonds is 3. The first-order valence-electron chi connectivity index (χ1n) is 7.54. The summed E-state index contributed by atoms with van der Waals surface area (Å²) < 4.78 is 0. The standard InChI is InChI=1S/C19H21NO/c1-14(2)19(16-11-7-4-8-12-16)13-17(21)20-18(19)15-9-5-3-6-10-15/h3-12,14,18H,13H2,1-2H3,(H,20,21). The molecule has 0 bridgehead atoms. The van der Waals surface area contributed by atoms with Gasteiger partial charge in [-0.1, -0.05) is 74.5 Å². The molecule has 2 unspecified atom stereocenters. The van der Waals surface area contributed by atoms with E-state index in [-0.39, 0.29) is 17.4 Å². The Morgan fingerprint density at radius 3 is 2.14 bits per heavy atom. The van der Waals surface area contributed by atoms with Crippen LogP contribution in [-0.4, -0.2) is 5.91 Å². The van der Waals surface area contributed by atoms with Crippen LogP contribution in [0.25, 0.3) is 0 Å². The highest BCUT2D eigenvalue weighted by Gasteiger charge is 2.50. The molecule has 1 heterocycles. The van der Waals surface area contributed by atoms with E-state index in [9.17, 15) is 4.79 Å². The fourth-order valence-electron chi connectivity index (χ4n) is 3.62. The third-order valence-corrected chi connectivity index (χ3v) is 4.75. The summed E-state index contributed by atoms with van der Waals surface area (Å²) in [6, 6.07) is 20.8. The average Bonchev–Trinajstić information content (AvgIpc) is 2.88. The van der Waals surface area contributed by atoms with Crippen molar-refractivity contribution in [3.8, 4) is 0 Å². The number of nitrogens with one attached hydrogen (secondary N) is 1. The topological polar surface area (TPSA) is 29.1 Å². The van der Waals surface area contributed by atoms with Crippen molar-refractivity contribution in [3.05, 3.63) is 71.8 Å². The van der Waals surface area contributed by atoms with Crippen molar-refractivity contribution in [2.45, 2.75) is 31.7 Å². The van der Waals surface area contributed by atoms with E-state index in [0.717, 1.165) is 0 Å². The summed E-state index contributed by atoms with van der Waals surface area (Å²) in [6.45, 7) is 4.42. The largest absolute Gasteiger partial charge is 0.348 e. The zero-order valence-electron chi connectivity index (χ0n) is 12.5. The zero-order valence-corrected chi connectivity index (χ0v) is 12.5. The first-order chi connectivity index (χ1) is 10.1. The van der Waals surface area contributed by atoms with Gasteiger partial charge in [-0.05, 0) is 17.0 Å². The molecule has 0 saturated carbocycles. The van der Waals surface area contributed by atoms with Crippen LogP contribution in [0.5, 0.6) is 0 Å². The maximum atomic E-state index is 12.2. The first-order valence-corrected chi connectivity index (χ1v) is 7.54. The molecular weight excluding hydrogens is 258 g/mol. The van der Waals surface area contributed by atoms with Crippen LogP contribution in [0.3, 0.4) is 0 Å². The Balaban J connectivity index is 2.15. The van der Waals surface area contributed by atoms with Crippen molar-refractivity contribution < 1.29 is 4.79 Å². The van der Waals surface area contributed by atoms with Crippen LogP contribution >= 0.6 is 0 Å². The summed E-state index contributed by atoms with van der Waals surface area (Å²) in [4.78, 5) is 12.2. The van der Waals surface area contributed by atoms with Crippen molar-refractivity contribution in [1.29, 1.82) is 0 Å². The second-order valence-electron chi connectivity index (χ2n) is 6.15. The molecular formula is C19H21NO. The van der Waals surface area contributed by atoms with Crippen molar-refractivity contribution in [2.24, 2.45) is 5.92 Å². The van der Waals surface area contributed by atoms with E-state index < -0.39 is 0 Å². The van der Waals surface area contributed by atoms with Crippen molar-refractivity contribution in [1.82, 2.24) is 5.32 Å². The van der Waals surface area contributed by atoms with E-state index >= 15 is 0 Å². The van der Waals surface area contributed by atoms with Gasteiger partial charge in [0.05, 0.1) is 6.04 Å². The molecule has 3 rings (SSSR count). The van der Waals surface area contributed by atoms with Gasteiger partial charge in [-0.15, -0.1) is 0 Å². The van der Waals surface area contributed by atoms with Crippen LogP contribution in [0, 0.1) is 5.92 Å². The second-order valence-corrected chi connectivity index (χ2v) is 6.15. The van der Waals surface area contributed by atoms with Crippen LogP contribution in [0.4, 0.5) is 0 Å². The lowest BCUT2D eigenvalue weighted by atomic mass is 9.65. The molecule has 0 aromatic heterocycles. The number of amides is 1. The molecule has 2 heteroatoms. The van der Waals surface area contributed by atoms with Gasteiger partial charge in [0.15, 0.2) is 0 Å². The number of hydrogen-bond acceptors (Lipinski definition) is 1. The summed E-state index contributed by atoms with van der Waals surface area (Å²) in [5, 5.41) is 3.20. The Morgan fingerprint density at radius 2 is 1.57 bits per heavy atom. The number of hydrogen-bond donors (Lipinski definition) is 1. The number of carbonyl (C=O) groups excluding carboxylic acids is 1. The van der Waals surface area contributed by atoms with Gasteiger partial charge in [0.2, 0.25) is 5.91 Å². The van der Waals surface area contributed by atoms with Crippen molar-refractivity contribution >= 4 is 5.91 Å². The SMILES string of the molecule is CC(C)C1(c2ccccc2)CC(=O)NC1c1ccccc1. The molecule has 2 atom stereocenters. The summed E-state index contributed by atoms with van der Waals surface area (Å²) in [7, 11) is 0. The minimum atomic E-state index is -0.181. The smallest absolute Gasteiger partial charge is 0.221 e. The molecule has 0 aliphatic carbocycles. The van der Waals surface area contributed by atoms with E-state index in [4.69, 9.17) is 0 Å². The second kappa shape index (κ2) is 5.36. The molecule has 1 fully saturated rings. The van der Waals surface area contributed by atoms with E-state index in [1.54, 1.807) is 0 Å². The van der Waals surface area contributed by atoms with Gasteiger partial charge in [-0.25, -0.2) is 0 Å². The molecule has 0 radical (unpaired) electrons. The highest BCUT2D eigenvalue weighted by atomic mass is 16.2. The molecule has 2 nitrogen and oxygen atoms in total. The molecule has 1 aliphatic rings. The minimum Gasteiger partial charge on any atom is -0.348 e. The van der Waals surface area contributed by atoms with Crippen LogP contribution in [0.15, 0.2) is 60.7 Å². The van der Waals surface area contributed by atoms with E-state index in [2.05, 4.69) is 55.6 Å². The van der Waals surface area contributed by atoms with Gasteiger partial charge in [-0.3, -0.25) is 4.79 Å². The molecule has 2 aromatic rings. The van der Waals surface area contributed by atoms with Crippen LogP contribution < -0.4 is 5.32 Å². The summed E-state index contributed by atoms with van der Waals surface area (Å²) in [5.41, 5.74) is 2.24. The Kier molecular flexibility index (Phi) is 3.54. The number of carbonyl (C=O) groups is 1. The Hall–Kier alpha value is -2.09. The Bertz CT molecular complexity index is 621. The highest BCUT2D eigenvalue weighted by molar-refractivity contribution is 5.82. The lowest BCUT2D eigenvalue weighted by Crippen LogP contribution is -2.38. The fourth-order valence-corrected chi connectivity index (χ4v) is 3.62. The highest BCUT2D eigenvalue weighted by Crippen LogP contribution is 2.49. The van der Waals surface area contributed by atoms with E-state index in [1.165, 1.54) is 11.1 Å². The van der Waals surface area contributed by atoms with Gasteiger partial charge in [0.25, 0.3) is 0 Å². The molecule has 0 spiro atoms. The molecule has 21 heavy (non-hydrogen) atoms. The minimum absolute atomic E-state index is 0.0357. The van der Waals surface area contributed by atoms with Gasteiger partial charge in [-0.2, -0.15) is 0 Å². The van der Waals surface area contributed by atoms with Crippen molar-refractivity contribution in [3.63, 3.8) is 0 Å². The lowest BCUT2D eigenvalue weighted by Gasteiger charge is -2.39. The maximum absolute atomic E-state index is 12.2. The summed E-state index contributed by atoms with van der Waals surface area (Å²) in [5.74, 6) is 0.505. The fraction of sp³-hybridized carbons (Fsp3) is 0.316.